The Kier molecular flexibility index (Phi) is 3.35. The first-order valence-electron chi connectivity index (χ1n) is 5.23. The normalized spacial score (nSPS) is 10.5. The first-order valence-corrected chi connectivity index (χ1v) is 5.61. The highest BCUT2D eigenvalue weighted by Gasteiger charge is 2.16. The molecule has 0 atom stereocenters. The van der Waals surface area contributed by atoms with Gasteiger partial charge in [-0.05, 0) is 19.1 Å². The number of aromatic nitrogens is 2. The zero-order valence-electron chi connectivity index (χ0n) is 9.74. The Labute approximate surface area is 111 Å². The number of ketones is 1. The molecule has 0 spiro atoms. The highest BCUT2D eigenvalue weighted by atomic mass is 35.5. The highest BCUT2D eigenvalue weighted by molar-refractivity contribution is 6.30. The summed E-state index contributed by atoms with van der Waals surface area (Å²) in [6.45, 7) is 1.17. The summed E-state index contributed by atoms with van der Waals surface area (Å²) in [7, 11) is 0. The average molecular weight is 283 g/mol. The smallest absolute Gasteiger partial charge is 0.313 e. The van der Waals surface area contributed by atoms with Gasteiger partial charge in [0.2, 0.25) is 0 Å². The van der Waals surface area contributed by atoms with Crippen LogP contribution in [0.1, 0.15) is 17.3 Å². The number of Topliss-reactive ketones (excluding diaryl/α,β-unsaturated/α-hetero) is 1. The first kappa shape index (κ1) is 13.2. The van der Waals surface area contributed by atoms with Crippen molar-refractivity contribution >= 4 is 17.4 Å². The van der Waals surface area contributed by atoms with E-state index in [1.54, 1.807) is 0 Å². The number of rotatable bonds is 2. The number of nitrogens with one attached hydrogen (secondary N) is 1. The predicted molar refractivity (Wildman–Crippen MR) is 67.6 cm³/mol. The van der Waals surface area contributed by atoms with Gasteiger partial charge in [-0.15, -0.1) is 0 Å². The largest absolute Gasteiger partial charge is 0.333 e. The van der Waals surface area contributed by atoms with Crippen LogP contribution >= 0.6 is 11.6 Å². The molecule has 98 valence electrons. The molecule has 0 aliphatic heterocycles. The second kappa shape index (κ2) is 4.81. The minimum absolute atomic E-state index is 0.225. The Morgan fingerprint density at radius 1 is 1.37 bits per heavy atom. The minimum Gasteiger partial charge on any atom is -0.313 e. The van der Waals surface area contributed by atoms with Gasteiger partial charge in [-0.3, -0.25) is 9.59 Å². The molecule has 0 aliphatic carbocycles. The van der Waals surface area contributed by atoms with Gasteiger partial charge in [-0.25, -0.2) is 13.8 Å². The molecule has 1 N–H and O–H groups in total. The molecule has 19 heavy (non-hydrogen) atoms. The topological polar surface area (TPSA) is 71.9 Å². The van der Waals surface area contributed by atoms with Crippen molar-refractivity contribution < 1.29 is 9.18 Å². The number of carbonyl (C=O) groups is 1. The summed E-state index contributed by atoms with van der Waals surface area (Å²) < 4.78 is 14.4. The molecule has 0 radical (unpaired) electrons. The number of carbonyl (C=O) groups excluding carboxylic acids is 1. The molecule has 0 saturated carbocycles. The lowest BCUT2D eigenvalue weighted by molar-refractivity contribution is 0.101. The molecule has 7 heteroatoms. The third kappa shape index (κ3) is 2.22. The maximum absolute atomic E-state index is 13.9. The minimum atomic E-state index is -0.905. The summed E-state index contributed by atoms with van der Waals surface area (Å²) in [4.78, 5) is 37.1. The monoisotopic (exact) mass is 282 g/mol. The van der Waals surface area contributed by atoms with Gasteiger partial charge in [0.25, 0.3) is 5.56 Å². The van der Waals surface area contributed by atoms with E-state index in [-0.39, 0.29) is 16.3 Å². The average Bonchev–Trinajstić information content (AvgIpc) is 2.34. The van der Waals surface area contributed by atoms with Crippen molar-refractivity contribution in [1.82, 2.24) is 9.55 Å². The maximum atomic E-state index is 13.9. The summed E-state index contributed by atoms with van der Waals surface area (Å²) in [5.74, 6) is -1.44. The molecule has 0 amide bonds. The van der Waals surface area contributed by atoms with Crippen LogP contribution in [-0.4, -0.2) is 15.3 Å². The van der Waals surface area contributed by atoms with Crippen LogP contribution < -0.4 is 11.2 Å². The van der Waals surface area contributed by atoms with E-state index in [1.807, 2.05) is 0 Å². The van der Waals surface area contributed by atoms with E-state index in [4.69, 9.17) is 11.6 Å². The first-order chi connectivity index (χ1) is 8.93. The molecule has 0 fully saturated rings. The summed E-state index contributed by atoms with van der Waals surface area (Å²) >= 11 is 5.60. The molecule has 1 aromatic carbocycles. The fourth-order valence-corrected chi connectivity index (χ4v) is 1.78. The molecule has 2 aromatic rings. The van der Waals surface area contributed by atoms with Crippen LogP contribution in [0, 0.1) is 5.82 Å². The highest BCUT2D eigenvalue weighted by Crippen LogP contribution is 2.19. The van der Waals surface area contributed by atoms with Crippen LogP contribution in [0.25, 0.3) is 5.69 Å². The molecule has 0 aliphatic rings. The molecular weight excluding hydrogens is 275 g/mol. The van der Waals surface area contributed by atoms with Crippen molar-refractivity contribution in [3.63, 3.8) is 0 Å². The van der Waals surface area contributed by atoms with Gasteiger partial charge in [-0.1, -0.05) is 17.7 Å². The third-order valence-corrected chi connectivity index (χ3v) is 2.82. The van der Waals surface area contributed by atoms with Crippen molar-refractivity contribution in [1.29, 1.82) is 0 Å². The van der Waals surface area contributed by atoms with E-state index in [0.29, 0.717) is 4.57 Å². The predicted octanol–water partition coefficient (Wildman–Crippen LogP) is 1.52. The number of hydrogen-bond acceptors (Lipinski definition) is 3. The molecule has 5 nitrogen and oxygen atoms in total. The van der Waals surface area contributed by atoms with E-state index >= 15 is 0 Å². The zero-order chi connectivity index (χ0) is 14.2. The van der Waals surface area contributed by atoms with Crippen LogP contribution in [0.2, 0.25) is 5.02 Å². The lowest BCUT2D eigenvalue weighted by Gasteiger charge is -2.07. The standard InChI is InChI=1S/C12H8ClFN2O3/c1-6(17)7-5-15-12(19)16(11(7)18)9-4-2-3-8(13)10(9)14/h2-5H,1H3,(H,15,19). The lowest BCUT2D eigenvalue weighted by atomic mass is 10.2. The Balaban J connectivity index is 2.87. The van der Waals surface area contributed by atoms with E-state index < -0.39 is 22.8 Å². The van der Waals surface area contributed by atoms with Crippen molar-refractivity contribution in [2.24, 2.45) is 0 Å². The second-order valence-corrected chi connectivity index (χ2v) is 4.18. The number of H-pyrrole nitrogens is 1. The van der Waals surface area contributed by atoms with Crippen LogP contribution in [0.5, 0.6) is 0 Å². The summed E-state index contributed by atoms with van der Waals surface area (Å²) in [6, 6.07) is 3.91. The van der Waals surface area contributed by atoms with E-state index in [0.717, 1.165) is 6.20 Å². The molecule has 0 saturated heterocycles. The van der Waals surface area contributed by atoms with Crippen molar-refractivity contribution in [2.75, 3.05) is 0 Å². The van der Waals surface area contributed by atoms with Crippen LogP contribution in [-0.2, 0) is 0 Å². The van der Waals surface area contributed by atoms with Gasteiger partial charge in [-0.2, -0.15) is 0 Å². The van der Waals surface area contributed by atoms with Crippen molar-refractivity contribution in [3.05, 3.63) is 61.6 Å². The fraction of sp³-hybridized carbons (Fsp3) is 0.0833. The molecule has 0 unspecified atom stereocenters. The zero-order valence-corrected chi connectivity index (χ0v) is 10.5. The fourth-order valence-electron chi connectivity index (χ4n) is 1.61. The van der Waals surface area contributed by atoms with Crippen molar-refractivity contribution in [2.45, 2.75) is 6.92 Å². The Hall–Kier alpha value is -2.21. The third-order valence-electron chi connectivity index (χ3n) is 2.53. The van der Waals surface area contributed by atoms with Gasteiger partial charge in [0.15, 0.2) is 11.6 Å². The van der Waals surface area contributed by atoms with Crippen LogP contribution in [0.15, 0.2) is 34.0 Å². The number of hydrogen-bond donors (Lipinski definition) is 1. The summed E-state index contributed by atoms with van der Waals surface area (Å²) in [6.07, 6.45) is 1.01. The van der Waals surface area contributed by atoms with Crippen LogP contribution in [0.4, 0.5) is 4.39 Å². The van der Waals surface area contributed by atoms with Gasteiger partial charge < -0.3 is 4.98 Å². The van der Waals surface area contributed by atoms with E-state index in [2.05, 4.69) is 4.98 Å². The Morgan fingerprint density at radius 3 is 2.68 bits per heavy atom. The van der Waals surface area contributed by atoms with Gasteiger partial charge in [0.05, 0.1) is 16.3 Å². The molecule has 0 bridgehead atoms. The number of halogens is 2. The van der Waals surface area contributed by atoms with Crippen LogP contribution in [0.3, 0.4) is 0 Å². The molecule has 1 aromatic heterocycles. The lowest BCUT2D eigenvalue weighted by Crippen LogP contribution is -2.37. The van der Waals surface area contributed by atoms with Gasteiger partial charge >= 0.3 is 5.69 Å². The maximum Gasteiger partial charge on any atom is 0.333 e. The molecule has 2 rings (SSSR count). The number of nitrogens with zero attached hydrogens (tertiary/aromatic N) is 1. The summed E-state index contributed by atoms with van der Waals surface area (Å²) in [5, 5.41) is -0.225. The SMILES string of the molecule is CC(=O)c1c[nH]c(=O)n(-c2cccc(Cl)c2F)c1=O. The quantitative estimate of drug-likeness (QED) is 0.849. The Bertz CT molecular complexity index is 779. The molecule has 1 heterocycles. The van der Waals surface area contributed by atoms with Gasteiger partial charge in [0, 0.05) is 6.20 Å². The van der Waals surface area contributed by atoms with Crippen molar-refractivity contribution in [3.8, 4) is 5.69 Å². The number of aromatic amines is 1. The number of benzene rings is 1. The van der Waals surface area contributed by atoms with Gasteiger partial charge in [0.1, 0.15) is 0 Å². The van der Waals surface area contributed by atoms with E-state index in [9.17, 15) is 18.8 Å². The van der Waals surface area contributed by atoms with E-state index in [1.165, 1.54) is 25.1 Å². The second-order valence-electron chi connectivity index (χ2n) is 3.78. The molecular formula is C12H8ClFN2O3. The Morgan fingerprint density at radius 2 is 2.05 bits per heavy atom. The summed E-state index contributed by atoms with van der Waals surface area (Å²) in [5.41, 5.74) is -2.28.